The van der Waals surface area contributed by atoms with Crippen LogP contribution < -0.4 is 0 Å². The van der Waals surface area contributed by atoms with Gasteiger partial charge in [-0.1, -0.05) is 96.1 Å². The van der Waals surface area contributed by atoms with Gasteiger partial charge in [0.2, 0.25) is 0 Å². The fourth-order valence-corrected chi connectivity index (χ4v) is 6.39. The number of hydrogen-bond acceptors (Lipinski definition) is 0. The number of aromatic nitrogens is 2. The second kappa shape index (κ2) is 9.64. The molecule has 0 N–H and O–H groups in total. The first-order chi connectivity index (χ1) is 20.6. The largest absolute Gasteiger partial charge is 0.309 e. The van der Waals surface area contributed by atoms with Crippen LogP contribution in [0.4, 0.5) is 0 Å². The molecule has 42 heavy (non-hydrogen) atoms. The predicted molar refractivity (Wildman–Crippen MR) is 180 cm³/mol. The number of fused-ring (bicyclic) bond motifs is 6. The zero-order valence-corrected chi connectivity index (χ0v) is 23.8. The molecule has 0 aliphatic heterocycles. The summed E-state index contributed by atoms with van der Waals surface area (Å²) in [6, 6.07) is 48.5. The van der Waals surface area contributed by atoms with E-state index in [4.69, 9.17) is 0 Å². The van der Waals surface area contributed by atoms with Crippen LogP contribution in [0, 0.1) is 13.8 Å². The standard InChI is InChI=1S/C40H30N2/c1-27-11-23-39-35(25-27)33-7-3-5-9-37(33)41(39)31-19-15-29(16-20-31)13-14-30-17-21-32(22-18-30)42-38-10-6-4-8-34(38)36-26-28(2)12-24-40(36)42/h3-26H,1-2H3/b14-13+. The average Bonchev–Trinajstić information content (AvgIpc) is 3.53. The Labute approximate surface area is 245 Å². The van der Waals surface area contributed by atoms with Gasteiger partial charge in [0.25, 0.3) is 0 Å². The van der Waals surface area contributed by atoms with Crippen molar-refractivity contribution in [3.05, 3.63) is 156 Å². The summed E-state index contributed by atoms with van der Waals surface area (Å²) in [6.45, 7) is 4.32. The fraction of sp³-hybridized carbons (Fsp3) is 0.0500. The van der Waals surface area contributed by atoms with E-state index in [1.165, 1.54) is 77.2 Å². The van der Waals surface area contributed by atoms with Crippen LogP contribution in [0.1, 0.15) is 22.3 Å². The lowest BCUT2D eigenvalue weighted by molar-refractivity contribution is 1.18. The molecule has 2 nitrogen and oxygen atoms in total. The molecule has 2 aromatic heterocycles. The smallest absolute Gasteiger partial charge is 0.0541 e. The van der Waals surface area contributed by atoms with Crippen molar-refractivity contribution >= 4 is 55.8 Å². The number of rotatable bonds is 4. The number of aryl methyl sites for hydroxylation is 2. The van der Waals surface area contributed by atoms with Crippen LogP contribution in [-0.2, 0) is 0 Å². The molecule has 0 bridgehead atoms. The van der Waals surface area contributed by atoms with Gasteiger partial charge in [0.15, 0.2) is 0 Å². The molecular weight excluding hydrogens is 508 g/mol. The molecule has 0 aliphatic carbocycles. The molecule has 6 aromatic carbocycles. The Hall–Kier alpha value is -5.34. The zero-order valence-electron chi connectivity index (χ0n) is 23.8. The maximum atomic E-state index is 2.37. The third-order valence-corrected chi connectivity index (χ3v) is 8.43. The second-order valence-electron chi connectivity index (χ2n) is 11.3. The Morgan fingerprint density at radius 1 is 0.381 bits per heavy atom. The highest BCUT2D eigenvalue weighted by atomic mass is 15.0. The van der Waals surface area contributed by atoms with Gasteiger partial charge in [-0.15, -0.1) is 0 Å². The van der Waals surface area contributed by atoms with Gasteiger partial charge in [0, 0.05) is 32.9 Å². The normalized spacial score (nSPS) is 12.0. The first-order valence-corrected chi connectivity index (χ1v) is 14.5. The van der Waals surface area contributed by atoms with Crippen molar-refractivity contribution in [2.24, 2.45) is 0 Å². The lowest BCUT2D eigenvalue weighted by Crippen LogP contribution is -1.93. The summed E-state index contributed by atoms with van der Waals surface area (Å²) >= 11 is 0. The van der Waals surface area contributed by atoms with E-state index < -0.39 is 0 Å². The van der Waals surface area contributed by atoms with Crippen LogP contribution in [-0.4, -0.2) is 9.13 Å². The molecule has 0 fully saturated rings. The van der Waals surface area contributed by atoms with Gasteiger partial charge < -0.3 is 9.13 Å². The first-order valence-electron chi connectivity index (χ1n) is 14.5. The van der Waals surface area contributed by atoms with E-state index in [2.05, 4.69) is 169 Å². The third-order valence-electron chi connectivity index (χ3n) is 8.43. The summed E-state index contributed by atoms with van der Waals surface area (Å²) in [5.74, 6) is 0. The molecule has 8 aromatic rings. The molecule has 0 amide bonds. The van der Waals surface area contributed by atoms with Crippen LogP contribution in [0.25, 0.3) is 67.1 Å². The SMILES string of the molecule is Cc1ccc2c(c1)c1ccccc1n2-c1ccc(/C=C/c2ccc(-n3c4ccccc4c4cc(C)ccc43)cc2)cc1. The van der Waals surface area contributed by atoms with Crippen molar-refractivity contribution in [2.45, 2.75) is 13.8 Å². The summed E-state index contributed by atoms with van der Waals surface area (Å²) in [7, 11) is 0. The van der Waals surface area contributed by atoms with Crippen LogP contribution in [0.2, 0.25) is 0 Å². The molecule has 8 rings (SSSR count). The van der Waals surface area contributed by atoms with E-state index >= 15 is 0 Å². The summed E-state index contributed by atoms with van der Waals surface area (Å²) in [4.78, 5) is 0. The van der Waals surface area contributed by atoms with Gasteiger partial charge >= 0.3 is 0 Å². The van der Waals surface area contributed by atoms with Crippen molar-refractivity contribution in [3.63, 3.8) is 0 Å². The second-order valence-corrected chi connectivity index (χ2v) is 11.3. The van der Waals surface area contributed by atoms with Gasteiger partial charge in [0.1, 0.15) is 0 Å². The summed E-state index contributed by atoms with van der Waals surface area (Å²) in [5, 5.41) is 5.18. The lowest BCUT2D eigenvalue weighted by atomic mass is 10.1. The maximum Gasteiger partial charge on any atom is 0.0541 e. The van der Waals surface area contributed by atoms with Crippen molar-refractivity contribution < 1.29 is 0 Å². The quantitative estimate of drug-likeness (QED) is 0.197. The van der Waals surface area contributed by atoms with Gasteiger partial charge in [-0.25, -0.2) is 0 Å². The van der Waals surface area contributed by atoms with E-state index in [1.54, 1.807) is 0 Å². The molecular formula is C40H30N2. The van der Waals surface area contributed by atoms with Crippen molar-refractivity contribution in [1.29, 1.82) is 0 Å². The van der Waals surface area contributed by atoms with Gasteiger partial charge in [-0.2, -0.15) is 0 Å². The first kappa shape index (κ1) is 24.5. The molecule has 0 aliphatic rings. The fourth-order valence-electron chi connectivity index (χ4n) is 6.39. The monoisotopic (exact) mass is 538 g/mol. The van der Waals surface area contributed by atoms with Crippen LogP contribution in [0.15, 0.2) is 133 Å². The molecule has 2 heterocycles. The highest BCUT2D eigenvalue weighted by Crippen LogP contribution is 2.34. The van der Waals surface area contributed by atoms with Gasteiger partial charge in [0.05, 0.1) is 22.1 Å². The number of hydrogen-bond donors (Lipinski definition) is 0. The molecule has 0 unspecified atom stereocenters. The van der Waals surface area contributed by atoms with Crippen molar-refractivity contribution in [2.75, 3.05) is 0 Å². The zero-order chi connectivity index (χ0) is 28.2. The molecule has 0 radical (unpaired) electrons. The maximum absolute atomic E-state index is 2.37. The molecule has 2 heteroatoms. The Kier molecular flexibility index (Phi) is 5.61. The molecule has 0 spiro atoms. The molecule has 0 saturated heterocycles. The highest BCUT2D eigenvalue weighted by molar-refractivity contribution is 6.10. The summed E-state index contributed by atoms with van der Waals surface area (Å²) < 4.78 is 4.73. The van der Waals surface area contributed by atoms with E-state index in [9.17, 15) is 0 Å². The summed E-state index contributed by atoms with van der Waals surface area (Å²) in [6.07, 6.45) is 4.38. The van der Waals surface area contributed by atoms with Crippen molar-refractivity contribution in [1.82, 2.24) is 9.13 Å². The van der Waals surface area contributed by atoms with E-state index in [0.29, 0.717) is 0 Å². The third kappa shape index (κ3) is 3.95. The lowest BCUT2D eigenvalue weighted by Gasteiger charge is -2.09. The van der Waals surface area contributed by atoms with Crippen LogP contribution in [0.5, 0.6) is 0 Å². The summed E-state index contributed by atoms with van der Waals surface area (Å²) in [5.41, 5.74) is 12.2. The van der Waals surface area contributed by atoms with Crippen molar-refractivity contribution in [3.8, 4) is 11.4 Å². The Balaban J connectivity index is 1.10. The predicted octanol–water partition coefficient (Wildman–Crippen LogP) is 10.7. The minimum Gasteiger partial charge on any atom is -0.309 e. The van der Waals surface area contributed by atoms with Crippen LogP contribution >= 0.6 is 0 Å². The Morgan fingerprint density at radius 2 is 0.762 bits per heavy atom. The number of nitrogens with zero attached hydrogens (tertiary/aromatic N) is 2. The average molecular weight is 539 g/mol. The Morgan fingerprint density at radius 3 is 1.19 bits per heavy atom. The molecule has 200 valence electrons. The van der Waals surface area contributed by atoms with Gasteiger partial charge in [-0.05, 0) is 85.6 Å². The van der Waals surface area contributed by atoms with Gasteiger partial charge in [-0.3, -0.25) is 0 Å². The minimum absolute atomic E-state index is 1.17. The number of para-hydroxylation sites is 2. The Bertz CT molecular complexity index is 2130. The highest BCUT2D eigenvalue weighted by Gasteiger charge is 2.13. The minimum atomic E-state index is 1.17. The van der Waals surface area contributed by atoms with E-state index in [0.717, 1.165) is 0 Å². The molecule has 0 atom stereocenters. The van der Waals surface area contributed by atoms with Crippen LogP contribution in [0.3, 0.4) is 0 Å². The van der Waals surface area contributed by atoms with E-state index in [1.807, 2.05) is 0 Å². The van der Waals surface area contributed by atoms with E-state index in [-0.39, 0.29) is 0 Å². The topological polar surface area (TPSA) is 9.86 Å². The number of benzene rings is 6. The molecule has 0 saturated carbocycles.